The Bertz CT molecular complexity index is 1070. The smallest absolute Gasteiger partial charge is 0.247 e. The molecule has 0 bridgehead atoms. The summed E-state index contributed by atoms with van der Waals surface area (Å²) in [5.74, 6) is 0.835. The highest BCUT2D eigenvalue weighted by molar-refractivity contribution is 5.69. The molecular formula is C20H18N4O. The third kappa shape index (κ3) is 2.92. The molecule has 0 unspecified atom stereocenters. The van der Waals surface area contributed by atoms with Crippen molar-refractivity contribution in [3.05, 3.63) is 71.9 Å². The predicted molar refractivity (Wildman–Crippen MR) is 99.3 cm³/mol. The highest BCUT2D eigenvalue weighted by atomic mass is 16.3. The number of hydrogen-bond acceptors (Lipinski definition) is 4. The Morgan fingerprint density at radius 1 is 0.960 bits per heavy atom. The lowest BCUT2D eigenvalue weighted by atomic mass is 10.0. The van der Waals surface area contributed by atoms with Gasteiger partial charge in [0.2, 0.25) is 5.95 Å². The van der Waals surface area contributed by atoms with E-state index in [2.05, 4.69) is 15.4 Å². The van der Waals surface area contributed by atoms with E-state index in [-0.39, 0.29) is 5.75 Å². The Morgan fingerprint density at radius 2 is 1.80 bits per heavy atom. The lowest BCUT2D eigenvalue weighted by Crippen LogP contribution is -1.95. The Balaban J connectivity index is 1.71. The van der Waals surface area contributed by atoms with Crippen LogP contribution in [0.5, 0.6) is 5.75 Å². The number of nitrogens with zero attached hydrogens (tertiary/aromatic N) is 3. The summed E-state index contributed by atoms with van der Waals surface area (Å²) in [6, 6.07) is 17.4. The molecular weight excluding hydrogens is 312 g/mol. The van der Waals surface area contributed by atoms with Crippen LogP contribution in [0.15, 0.2) is 60.8 Å². The van der Waals surface area contributed by atoms with Gasteiger partial charge in [0.25, 0.3) is 0 Å². The van der Waals surface area contributed by atoms with Gasteiger partial charge in [0.05, 0.1) is 0 Å². The number of para-hydroxylation sites is 1. The number of pyridine rings is 1. The lowest BCUT2D eigenvalue weighted by molar-refractivity contribution is 0.475. The number of aromatic nitrogens is 3. The first-order valence-corrected chi connectivity index (χ1v) is 8.09. The first-order valence-electron chi connectivity index (χ1n) is 8.09. The number of aromatic hydroxyl groups is 1. The van der Waals surface area contributed by atoms with Gasteiger partial charge in [-0.15, -0.1) is 5.10 Å². The molecule has 0 radical (unpaired) electrons. The van der Waals surface area contributed by atoms with Gasteiger partial charge in [-0.3, -0.25) is 0 Å². The van der Waals surface area contributed by atoms with E-state index in [9.17, 15) is 5.11 Å². The van der Waals surface area contributed by atoms with Gasteiger partial charge >= 0.3 is 0 Å². The maximum absolute atomic E-state index is 9.59. The molecule has 2 N–H and O–H groups in total. The molecule has 5 nitrogen and oxygen atoms in total. The summed E-state index contributed by atoms with van der Waals surface area (Å²) in [6.07, 6.45) is 1.95. The number of phenols is 1. The molecule has 0 spiro atoms. The number of benzene rings is 2. The Kier molecular flexibility index (Phi) is 3.61. The van der Waals surface area contributed by atoms with E-state index in [1.165, 1.54) is 0 Å². The van der Waals surface area contributed by atoms with Crippen LogP contribution < -0.4 is 5.32 Å². The zero-order valence-electron chi connectivity index (χ0n) is 14.1. The molecule has 0 aliphatic rings. The van der Waals surface area contributed by atoms with Crippen LogP contribution in [0.3, 0.4) is 0 Å². The van der Waals surface area contributed by atoms with E-state index in [1.807, 2.05) is 62.5 Å². The molecule has 5 heteroatoms. The van der Waals surface area contributed by atoms with Crippen molar-refractivity contribution < 1.29 is 5.11 Å². The summed E-state index contributed by atoms with van der Waals surface area (Å²) in [6.45, 7) is 4.02. The van der Waals surface area contributed by atoms with Crippen molar-refractivity contribution in [3.63, 3.8) is 0 Å². The van der Waals surface area contributed by atoms with Gasteiger partial charge in [0.15, 0.2) is 5.65 Å². The maximum Gasteiger partial charge on any atom is 0.247 e. The number of hydrogen-bond donors (Lipinski definition) is 2. The average molecular weight is 330 g/mol. The monoisotopic (exact) mass is 330 g/mol. The van der Waals surface area contributed by atoms with Crippen molar-refractivity contribution >= 4 is 17.3 Å². The second-order valence-electron chi connectivity index (χ2n) is 6.10. The highest BCUT2D eigenvalue weighted by Crippen LogP contribution is 2.27. The normalized spacial score (nSPS) is 11.0. The second-order valence-corrected chi connectivity index (χ2v) is 6.10. The van der Waals surface area contributed by atoms with Gasteiger partial charge in [-0.1, -0.05) is 24.3 Å². The zero-order valence-corrected chi connectivity index (χ0v) is 14.1. The Hall–Kier alpha value is -3.34. The van der Waals surface area contributed by atoms with Crippen molar-refractivity contribution in [1.29, 1.82) is 0 Å². The molecule has 0 saturated carbocycles. The Labute approximate surface area is 145 Å². The molecule has 0 saturated heterocycles. The molecule has 4 aromatic rings. The van der Waals surface area contributed by atoms with Gasteiger partial charge in [0, 0.05) is 17.4 Å². The van der Waals surface area contributed by atoms with Gasteiger partial charge in [-0.05, 0) is 60.9 Å². The standard InChI is InChI=1S/C20H18N4O/c1-13-5-3-4-6-18(13)21-20-22-19-10-7-15(12-24(19)23-20)17-9-8-16(25)11-14(17)2/h3-12,25H,1-2H3,(H,21,23). The quantitative estimate of drug-likeness (QED) is 0.582. The van der Waals surface area contributed by atoms with Crippen LogP contribution in [-0.2, 0) is 0 Å². The van der Waals surface area contributed by atoms with E-state index in [4.69, 9.17) is 0 Å². The third-order valence-electron chi connectivity index (χ3n) is 4.24. The summed E-state index contributed by atoms with van der Waals surface area (Å²) in [4.78, 5) is 4.52. The third-order valence-corrected chi connectivity index (χ3v) is 4.24. The van der Waals surface area contributed by atoms with Gasteiger partial charge < -0.3 is 10.4 Å². The van der Waals surface area contributed by atoms with Crippen LogP contribution in [0.4, 0.5) is 11.6 Å². The minimum absolute atomic E-state index is 0.271. The molecule has 0 amide bonds. The number of nitrogens with one attached hydrogen (secondary N) is 1. The molecule has 0 fully saturated rings. The number of rotatable bonds is 3. The van der Waals surface area contributed by atoms with Gasteiger partial charge in [0.1, 0.15) is 5.75 Å². The summed E-state index contributed by atoms with van der Waals surface area (Å²) in [7, 11) is 0. The molecule has 124 valence electrons. The van der Waals surface area contributed by atoms with Crippen molar-refractivity contribution in [2.24, 2.45) is 0 Å². The number of aryl methyl sites for hydroxylation is 2. The number of anilines is 2. The fraction of sp³-hybridized carbons (Fsp3) is 0.100. The average Bonchev–Trinajstić information content (AvgIpc) is 2.98. The zero-order chi connectivity index (χ0) is 17.4. The topological polar surface area (TPSA) is 62.5 Å². The van der Waals surface area contributed by atoms with E-state index >= 15 is 0 Å². The first-order chi connectivity index (χ1) is 12.1. The largest absolute Gasteiger partial charge is 0.508 e. The number of fused-ring (bicyclic) bond motifs is 1. The van der Waals surface area contributed by atoms with E-state index in [1.54, 1.807) is 16.6 Å². The van der Waals surface area contributed by atoms with E-state index in [0.717, 1.165) is 33.6 Å². The second kappa shape index (κ2) is 5.94. The van der Waals surface area contributed by atoms with Crippen LogP contribution in [-0.4, -0.2) is 19.7 Å². The molecule has 2 aromatic heterocycles. The predicted octanol–water partition coefficient (Wildman–Crippen LogP) is 4.46. The Morgan fingerprint density at radius 3 is 2.60 bits per heavy atom. The van der Waals surface area contributed by atoms with E-state index < -0.39 is 0 Å². The SMILES string of the molecule is Cc1ccccc1Nc1nc2ccc(-c3ccc(O)cc3C)cn2n1. The molecule has 0 atom stereocenters. The van der Waals surface area contributed by atoms with Crippen LogP contribution in [0, 0.1) is 13.8 Å². The summed E-state index contributed by atoms with van der Waals surface area (Å²) >= 11 is 0. The highest BCUT2D eigenvalue weighted by Gasteiger charge is 2.08. The summed E-state index contributed by atoms with van der Waals surface area (Å²) in [5, 5.41) is 17.4. The summed E-state index contributed by atoms with van der Waals surface area (Å²) < 4.78 is 1.77. The fourth-order valence-electron chi connectivity index (χ4n) is 2.90. The molecule has 0 aliphatic carbocycles. The van der Waals surface area contributed by atoms with Crippen LogP contribution in [0.25, 0.3) is 16.8 Å². The lowest BCUT2D eigenvalue weighted by Gasteiger charge is -2.06. The van der Waals surface area contributed by atoms with Crippen molar-refractivity contribution in [2.75, 3.05) is 5.32 Å². The van der Waals surface area contributed by atoms with Crippen molar-refractivity contribution in [1.82, 2.24) is 14.6 Å². The minimum atomic E-state index is 0.271. The number of phenolic OH excluding ortho intramolecular Hbond substituents is 1. The molecule has 2 heterocycles. The summed E-state index contributed by atoms with van der Waals surface area (Å²) in [5.41, 5.74) is 6.00. The first kappa shape index (κ1) is 15.2. The van der Waals surface area contributed by atoms with Gasteiger partial charge in [-0.2, -0.15) is 4.98 Å². The molecule has 4 rings (SSSR count). The van der Waals surface area contributed by atoms with E-state index in [0.29, 0.717) is 5.95 Å². The van der Waals surface area contributed by atoms with Crippen molar-refractivity contribution in [2.45, 2.75) is 13.8 Å². The van der Waals surface area contributed by atoms with Crippen LogP contribution in [0.1, 0.15) is 11.1 Å². The van der Waals surface area contributed by atoms with Gasteiger partial charge in [-0.25, -0.2) is 4.52 Å². The van der Waals surface area contributed by atoms with Crippen molar-refractivity contribution in [3.8, 4) is 16.9 Å². The molecule has 25 heavy (non-hydrogen) atoms. The fourth-order valence-corrected chi connectivity index (χ4v) is 2.90. The molecule has 0 aliphatic heterocycles. The maximum atomic E-state index is 9.59. The molecule has 2 aromatic carbocycles. The van der Waals surface area contributed by atoms with Crippen LogP contribution in [0.2, 0.25) is 0 Å². The minimum Gasteiger partial charge on any atom is -0.508 e. The van der Waals surface area contributed by atoms with Crippen LogP contribution >= 0.6 is 0 Å².